The van der Waals surface area contributed by atoms with Crippen molar-refractivity contribution in [3.05, 3.63) is 65.6 Å². The van der Waals surface area contributed by atoms with Crippen LogP contribution in [0.5, 0.6) is 0 Å². The number of benzene rings is 2. The Morgan fingerprint density at radius 2 is 1.87 bits per heavy atom. The molecule has 0 aliphatic rings. The third-order valence-electron chi connectivity index (χ3n) is 3.65. The highest BCUT2D eigenvalue weighted by Gasteiger charge is 2.15. The molecule has 0 bridgehead atoms. The minimum absolute atomic E-state index is 0.000321. The van der Waals surface area contributed by atoms with Crippen LogP contribution in [0.15, 0.2) is 53.6 Å². The molecule has 4 nitrogen and oxygen atoms in total. The summed E-state index contributed by atoms with van der Waals surface area (Å²) in [5.74, 6) is -0.327. The molecule has 120 valence electrons. The van der Waals surface area contributed by atoms with Crippen molar-refractivity contribution >= 4 is 21.0 Å². The lowest BCUT2D eigenvalue weighted by Gasteiger charge is -2.06. The second-order valence-corrected chi connectivity index (χ2v) is 6.96. The van der Waals surface area contributed by atoms with E-state index >= 15 is 0 Å². The van der Waals surface area contributed by atoms with Gasteiger partial charge in [-0.05, 0) is 49.2 Å². The molecule has 1 aromatic heterocycles. The van der Waals surface area contributed by atoms with Crippen LogP contribution in [-0.2, 0) is 20.7 Å². The fraction of sp³-hybridized carbons (Fsp3) is 0.176. The normalized spacial score (nSPS) is 11.9. The lowest BCUT2D eigenvalue weighted by Crippen LogP contribution is -2.09. The van der Waals surface area contributed by atoms with E-state index in [2.05, 4.69) is 4.98 Å². The Kier molecular flexibility index (Phi) is 4.19. The maximum atomic E-state index is 13.3. The quantitative estimate of drug-likeness (QED) is 0.726. The highest BCUT2D eigenvalue weighted by Crippen LogP contribution is 2.20. The van der Waals surface area contributed by atoms with Crippen molar-refractivity contribution in [2.24, 2.45) is 0 Å². The summed E-state index contributed by atoms with van der Waals surface area (Å²) in [6, 6.07) is 10.9. The number of aromatic nitrogens is 1. The van der Waals surface area contributed by atoms with Crippen molar-refractivity contribution in [3.8, 4) is 0 Å². The first-order valence-electron chi connectivity index (χ1n) is 7.17. The molecule has 0 radical (unpaired) electrons. The van der Waals surface area contributed by atoms with Crippen molar-refractivity contribution in [1.82, 2.24) is 4.98 Å². The standard InChI is InChI=1S/C17H16FNO3S/c1-12-2-5-15(6-3-12)23(20,21)22-9-8-13-11-19-17-7-4-14(18)10-16(13)17/h2-7,10-11,19H,8-9H2,1H3. The van der Waals surface area contributed by atoms with Gasteiger partial charge >= 0.3 is 0 Å². The highest BCUT2D eigenvalue weighted by molar-refractivity contribution is 7.86. The summed E-state index contributed by atoms with van der Waals surface area (Å²) in [6.45, 7) is 1.88. The maximum absolute atomic E-state index is 13.3. The molecule has 0 spiro atoms. The van der Waals surface area contributed by atoms with E-state index in [1.165, 1.54) is 24.3 Å². The van der Waals surface area contributed by atoms with Gasteiger partial charge < -0.3 is 4.98 Å². The Balaban J connectivity index is 1.70. The van der Waals surface area contributed by atoms with Gasteiger partial charge in [0.15, 0.2) is 0 Å². The minimum Gasteiger partial charge on any atom is -0.361 e. The molecular weight excluding hydrogens is 317 g/mol. The molecule has 1 heterocycles. The van der Waals surface area contributed by atoms with Gasteiger partial charge in [0, 0.05) is 17.1 Å². The van der Waals surface area contributed by atoms with Crippen LogP contribution in [0, 0.1) is 12.7 Å². The summed E-state index contributed by atoms with van der Waals surface area (Å²) in [6.07, 6.45) is 2.11. The number of hydrogen-bond donors (Lipinski definition) is 1. The number of aromatic amines is 1. The summed E-state index contributed by atoms with van der Waals surface area (Å²) in [5.41, 5.74) is 2.60. The van der Waals surface area contributed by atoms with E-state index < -0.39 is 10.1 Å². The predicted octanol–water partition coefficient (Wildman–Crippen LogP) is 3.56. The van der Waals surface area contributed by atoms with E-state index in [4.69, 9.17) is 4.18 Å². The molecule has 0 aliphatic carbocycles. The molecule has 6 heteroatoms. The van der Waals surface area contributed by atoms with Gasteiger partial charge in [-0.2, -0.15) is 8.42 Å². The van der Waals surface area contributed by atoms with E-state index in [1.807, 2.05) is 6.92 Å². The first-order chi connectivity index (χ1) is 11.0. The van der Waals surface area contributed by atoms with Crippen molar-refractivity contribution in [3.63, 3.8) is 0 Å². The van der Waals surface area contributed by atoms with Crippen molar-refractivity contribution in [1.29, 1.82) is 0 Å². The summed E-state index contributed by atoms with van der Waals surface area (Å²) in [4.78, 5) is 3.16. The molecule has 23 heavy (non-hydrogen) atoms. The second kappa shape index (κ2) is 6.14. The van der Waals surface area contributed by atoms with E-state index in [-0.39, 0.29) is 17.3 Å². The zero-order chi connectivity index (χ0) is 16.4. The molecule has 0 unspecified atom stereocenters. The van der Waals surface area contributed by atoms with Gasteiger partial charge in [0.1, 0.15) is 5.82 Å². The minimum atomic E-state index is -3.78. The Hall–Kier alpha value is -2.18. The van der Waals surface area contributed by atoms with Gasteiger partial charge in [-0.3, -0.25) is 4.18 Å². The summed E-state index contributed by atoms with van der Waals surface area (Å²) < 4.78 is 42.6. The second-order valence-electron chi connectivity index (χ2n) is 5.34. The largest absolute Gasteiger partial charge is 0.361 e. The van der Waals surface area contributed by atoms with Crippen LogP contribution < -0.4 is 0 Å². The number of hydrogen-bond acceptors (Lipinski definition) is 3. The molecule has 0 amide bonds. The van der Waals surface area contributed by atoms with Crippen LogP contribution in [0.1, 0.15) is 11.1 Å². The molecule has 0 atom stereocenters. The van der Waals surface area contributed by atoms with Crippen LogP contribution in [-0.4, -0.2) is 20.0 Å². The molecule has 0 fully saturated rings. The van der Waals surface area contributed by atoms with Crippen LogP contribution in [0.2, 0.25) is 0 Å². The molecule has 0 aliphatic heterocycles. The Morgan fingerprint density at radius 3 is 2.61 bits per heavy atom. The lowest BCUT2D eigenvalue weighted by atomic mass is 10.1. The first-order valence-corrected chi connectivity index (χ1v) is 8.58. The van der Waals surface area contributed by atoms with Crippen molar-refractivity contribution in [2.45, 2.75) is 18.2 Å². The smallest absolute Gasteiger partial charge is 0.296 e. The fourth-order valence-corrected chi connectivity index (χ4v) is 3.30. The molecule has 3 rings (SSSR count). The number of rotatable bonds is 5. The van der Waals surface area contributed by atoms with Crippen LogP contribution in [0.3, 0.4) is 0 Å². The Labute approximate surface area is 134 Å². The van der Waals surface area contributed by atoms with Gasteiger partial charge in [0.25, 0.3) is 10.1 Å². The van der Waals surface area contributed by atoms with Crippen molar-refractivity contribution < 1.29 is 17.0 Å². The van der Waals surface area contributed by atoms with E-state index in [9.17, 15) is 12.8 Å². The van der Waals surface area contributed by atoms with Gasteiger partial charge in [0.05, 0.1) is 11.5 Å². The van der Waals surface area contributed by atoms with E-state index in [0.29, 0.717) is 6.42 Å². The number of aryl methyl sites for hydroxylation is 1. The van der Waals surface area contributed by atoms with Gasteiger partial charge in [-0.15, -0.1) is 0 Å². The summed E-state index contributed by atoms with van der Waals surface area (Å²) >= 11 is 0. The Morgan fingerprint density at radius 1 is 1.13 bits per heavy atom. The highest BCUT2D eigenvalue weighted by atomic mass is 32.2. The molecule has 0 saturated carbocycles. The number of fused-ring (bicyclic) bond motifs is 1. The van der Waals surface area contributed by atoms with Crippen molar-refractivity contribution in [2.75, 3.05) is 6.61 Å². The fourth-order valence-electron chi connectivity index (χ4n) is 2.39. The number of halogens is 1. The predicted molar refractivity (Wildman–Crippen MR) is 86.3 cm³/mol. The third-order valence-corrected chi connectivity index (χ3v) is 4.98. The topological polar surface area (TPSA) is 59.2 Å². The van der Waals surface area contributed by atoms with E-state index in [1.54, 1.807) is 24.4 Å². The lowest BCUT2D eigenvalue weighted by molar-refractivity contribution is 0.322. The average Bonchev–Trinajstić information content (AvgIpc) is 2.90. The van der Waals surface area contributed by atoms with Gasteiger partial charge in [-0.1, -0.05) is 17.7 Å². The SMILES string of the molecule is Cc1ccc(S(=O)(=O)OCCc2c[nH]c3ccc(F)cc23)cc1. The van der Waals surface area contributed by atoms with E-state index in [0.717, 1.165) is 22.0 Å². The molecular formula is C17H16FNO3S. The zero-order valence-corrected chi connectivity index (χ0v) is 13.4. The number of H-pyrrole nitrogens is 1. The zero-order valence-electron chi connectivity index (χ0n) is 12.5. The van der Waals surface area contributed by atoms with Gasteiger partial charge in [0.2, 0.25) is 0 Å². The average molecular weight is 333 g/mol. The maximum Gasteiger partial charge on any atom is 0.296 e. The van der Waals surface area contributed by atoms with Crippen LogP contribution >= 0.6 is 0 Å². The summed E-state index contributed by atoms with van der Waals surface area (Å²) in [5, 5.41) is 0.737. The Bertz CT molecular complexity index is 930. The van der Waals surface area contributed by atoms with Crippen LogP contribution in [0.25, 0.3) is 10.9 Å². The van der Waals surface area contributed by atoms with Crippen LogP contribution in [0.4, 0.5) is 4.39 Å². The number of nitrogens with one attached hydrogen (secondary N) is 1. The first kappa shape index (κ1) is 15.7. The molecule has 0 saturated heterocycles. The van der Waals surface area contributed by atoms with Gasteiger partial charge in [-0.25, -0.2) is 4.39 Å². The molecule has 3 aromatic rings. The summed E-state index contributed by atoms with van der Waals surface area (Å²) in [7, 11) is -3.78. The third kappa shape index (κ3) is 3.43. The monoisotopic (exact) mass is 333 g/mol. The molecule has 1 N–H and O–H groups in total. The molecule has 2 aromatic carbocycles.